The zero-order chi connectivity index (χ0) is 20.7. The maximum Gasteiger partial charge on any atom is 0.228 e. The average molecular weight is 416 g/mol. The molecule has 1 atom stereocenters. The van der Waals surface area contributed by atoms with Crippen LogP contribution in [0.1, 0.15) is 29.0 Å². The number of benzene rings is 4. The SMILES string of the molecule is O=C1CC(c2ccc(F)cc2)c2c(ccc3ccccc23)N1Cc1ccc(Cl)cc1. The Morgan fingerprint density at radius 3 is 2.40 bits per heavy atom. The highest BCUT2D eigenvalue weighted by atomic mass is 35.5. The molecule has 2 nitrogen and oxygen atoms in total. The molecule has 0 saturated heterocycles. The molecule has 0 bridgehead atoms. The number of halogens is 2. The number of nitrogens with zero attached hydrogens (tertiary/aromatic N) is 1. The predicted octanol–water partition coefficient (Wildman–Crippen LogP) is 6.70. The lowest BCUT2D eigenvalue weighted by Gasteiger charge is -2.35. The summed E-state index contributed by atoms with van der Waals surface area (Å²) in [6.07, 6.45) is 0.347. The normalized spacial score (nSPS) is 16.0. The summed E-state index contributed by atoms with van der Waals surface area (Å²) in [5, 5.41) is 2.92. The quantitative estimate of drug-likeness (QED) is 0.364. The minimum absolute atomic E-state index is 0.0575. The highest BCUT2D eigenvalue weighted by Gasteiger charge is 2.33. The molecule has 0 aliphatic carbocycles. The van der Waals surface area contributed by atoms with Crippen LogP contribution in [0.3, 0.4) is 0 Å². The Hall–Kier alpha value is -3.17. The van der Waals surface area contributed by atoms with Crippen molar-refractivity contribution in [3.8, 4) is 0 Å². The summed E-state index contributed by atoms with van der Waals surface area (Å²) >= 11 is 6.02. The monoisotopic (exact) mass is 415 g/mol. The zero-order valence-corrected chi connectivity index (χ0v) is 16.9. The molecule has 4 aromatic carbocycles. The first-order chi connectivity index (χ1) is 14.6. The van der Waals surface area contributed by atoms with E-state index < -0.39 is 0 Å². The van der Waals surface area contributed by atoms with Crippen molar-refractivity contribution in [2.24, 2.45) is 0 Å². The Morgan fingerprint density at radius 1 is 0.900 bits per heavy atom. The van der Waals surface area contributed by atoms with Gasteiger partial charge < -0.3 is 4.90 Å². The third-order valence-electron chi connectivity index (χ3n) is 5.79. The van der Waals surface area contributed by atoms with Gasteiger partial charge in [-0.05, 0) is 57.8 Å². The number of anilines is 1. The van der Waals surface area contributed by atoms with Gasteiger partial charge in [-0.3, -0.25) is 4.79 Å². The molecule has 1 aliphatic heterocycles. The second kappa shape index (κ2) is 7.58. The van der Waals surface area contributed by atoms with E-state index in [1.54, 1.807) is 12.1 Å². The van der Waals surface area contributed by atoms with Crippen LogP contribution in [-0.2, 0) is 11.3 Å². The van der Waals surface area contributed by atoms with E-state index in [1.165, 1.54) is 12.1 Å². The Kier molecular flexibility index (Phi) is 4.76. The van der Waals surface area contributed by atoms with Gasteiger partial charge in [-0.1, -0.05) is 66.2 Å². The first-order valence-electron chi connectivity index (χ1n) is 9.92. The molecular formula is C26H19ClFNO. The zero-order valence-electron chi connectivity index (χ0n) is 16.2. The molecule has 0 N–H and O–H groups in total. The van der Waals surface area contributed by atoms with Gasteiger partial charge in [0.05, 0.1) is 6.54 Å². The van der Waals surface area contributed by atoms with Gasteiger partial charge in [0.25, 0.3) is 0 Å². The van der Waals surface area contributed by atoms with Crippen molar-refractivity contribution in [3.63, 3.8) is 0 Å². The topological polar surface area (TPSA) is 20.3 Å². The van der Waals surface area contributed by atoms with Gasteiger partial charge in [0.2, 0.25) is 5.91 Å². The molecule has 0 aromatic heterocycles. The van der Waals surface area contributed by atoms with Crippen LogP contribution in [0.2, 0.25) is 5.02 Å². The van der Waals surface area contributed by atoms with Crippen LogP contribution in [0.5, 0.6) is 0 Å². The molecule has 1 unspecified atom stereocenters. The van der Waals surface area contributed by atoms with Crippen molar-refractivity contribution in [1.82, 2.24) is 0 Å². The Balaban J connectivity index is 1.66. The highest BCUT2D eigenvalue weighted by molar-refractivity contribution is 6.30. The summed E-state index contributed by atoms with van der Waals surface area (Å²) in [7, 11) is 0. The average Bonchev–Trinajstić information content (AvgIpc) is 2.77. The Labute approximate surface area is 179 Å². The second-order valence-electron chi connectivity index (χ2n) is 7.63. The number of fused-ring (bicyclic) bond motifs is 3. The number of carbonyl (C=O) groups excluding carboxylic acids is 1. The first kappa shape index (κ1) is 18.8. The molecular weight excluding hydrogens is 397 g/mol. The van der Waals surface area contributed by atoms with Gasteiger partial charge in [0, 0.05) is 23.0 Å². The third kappa shape index (κ3) is 3.35. The molecule has 0 fully saturated rings. The molecule has 0 saturated carbocycles. The van der Waals surface area contributed by atoms with E-state index in [1.807, 2.05) is 47.4 Å². The minimum atomic E-state index is -0.275. The van der Waals surface area contributed by atoms with Gasteiger partial charge in [0.15, 0.2) is 0 Å². The standard InChI is InChI=1S/C26H19ClFNO/c27-20-10-5-17(6-11-20)16-29-24-14-9-18-3-1-2-4-22(18)26(24)23(15-25(29)30)19-7-12-21(28)13-8-19/h1-14,23H,15-16H2. The fourth-order valence-electron chi connectivity index (χ4n) is 4.33. The largest absolute Gasteiger partial charge is 0.308 e. The van der Waals surface area contributed by atoms with Crippen LogP contribution in [-0.4, -0.2) is 5.91 Å². The van der Waals surface area contributed by atoms with Crippen LogP contribution in [0.25, 0.3) is 10.8 Å². The van der Waals surface area contributed by atoms with E-state index in [2.05, 4.69) is 18.2 Å². The minimum Gasteiger partial charge on any atom is -0.308 e. The molecule has 4 aromatic rings. The van der Waals surface area contributed by atoms with Crippen molar-refractivity contribution in [1.29, 1.82) is 0 Å². The van der Waals surface area contributed by atoms with Gasteiger partial charge in [0.1, 0.15) is 5.82 Å². The highest BCUT2D eigenvalue weighted by Crippen LogP contribution is 2.44. The lowest BCUT2D eigenvalue weighted by atomic mass is 9.81. The van der Waals surface area contributed by atoms with Gasteiger partial charge in [-0.2, -0.15) is 0 Å². The summed E-state index contributed by atoms with van der Waals surface area (Å²) in [4.78, 5) is 15.1. The molecule has 0 spiro atoms. The van der Waals surface area contributed by atoms with Crippen molar-refractivity contribution >= 4 is 34.0 Å². The van der Waals surface area contributed by atoms with Crippen LogP contribution in [0.4, 0.5) is 10.1 Å². The molecule has 4 heteroatoms. The van der Waals surface area contributed by atoms with Gasteiger partial charge in [-0.25, -0.2) is 4.39 Å². The lowest BCUT2D eigenvalue weighted by Crippen LogP contribution is -2.36. The van der Waals surface area contributed by atoms with E-state index in [-0.39, 0.29) is 17.6 Å². The number of carbonyl (C=O) groups is 1. The van der Waals surface area contributed by atoms with Gasteiger partial charge in [-0.15, -0.1) is 0 Å². The van der Waals surface area contributed by atoms with Crippen molar-refractivity contribution in [3.05, 3.63) is 112 Å². The van der Waals surface area contributed by atoms with Crippen LogP contribution in [0.15, 0.2) is 84.9 Å². The van der Waals surface area contributed by atoms with Crippen molar-refractivity contribution in [2.45, 2.75) is 18.9 Å². The van der Waals surface area contributed by atoms with E-state index in [0.29, 0.717) is 18.0 Å². The molecule has 5 rings (SSSR count). The smallest absolute Gasteiger partial charge is 0.228 e. The molecule has 1 amide bonds. The van der Waals surface area contributed by atoms with E-state index in [0.717, 1.165) is 33.2 Å². The van der Waals surface area contributed by atoms with E-state index in [4.69, 9.17) is 11.6 Å². The van der Waals surface area contributed by atoms with Gasteiger partial charge >= 0.3 is 0 Å². The summed E-state index contributed by atoms with van der Waals surface area (Å²) in [5.41, 5.74) is 4.00. The number of hydrogen-bond donors (Lipinski definition) is 0. The van der Waals surface area contributed by atoms with Crippen LogP contribution in [0, 0.1) is 5.82 Å². The molecule has 148 valence electrons. The lowest BCUT2D eigenvalue weighted by molar-refractivity contribution is -0.119. The van der Waals surface area contributed by atoms with Crippen molar-refractivity contribution in [2.75, 3.05) is 4.90 Å². The molecule has 1 aliphatic rings. The number of amides is 1. The molecule has 0 radical (unpaired) electrons. The summed E-state index contributed by atoms with van der Waals surface area (Å²) in [5.74, 6) is -0.328. The fraction of sp³-hybridized carbons (Fsp3) is 0.115. The third-order valence-corrected chi connectivity index (χ3v) is 6.05. The van der Waals surface area contributed by atoms with Crippen LogP contribution < -0.4 is 4.90 Å². The molecule has 1 heterocycles. The molecule has 30 heavy (non-hydrogen) atoms. The summed E-state index contributed by atoms with van der Waals surface area (Å²) in [6.45, 7) is 0.484. The van der Waals surface area contributed by atoms with Crippen molar-refractivity contribution < 1.29 is 9.18 Å². The first-order valence-corrected chi connectivity index (χ1v) is 10.3. The maximum atomic E-state index is 13.5. The number of hydrogen-bond acceptors (Lipinski definition) is 1. The van der Waals surface area contributed by atoms with E-state index in [9.17, 15) is 9.18 Å². The summed E-state index contributed by atoms with van der Waals surface area (Å²) < 4.78 is 13.5. The fourth-order valence-corrected chi connectivity index (χ4v) is 4.46. The second-order valence-corrected chi connectivity index (χ2v) is 8.07. The summed E-state index contributed by atoms with van der Waals surface area (Å²) in [6, 6.07) is 26.4. The van der Waals surface area contributed by atoms with Crippen LogP contribution >= 0.6 is 11.6 Å². The van der Waals surface area contributed by atoms with E-state index >= 15 is 0 Å². The predicted molar refractivity (Wildman–Crippen MR) is 119 cm³/mol. The Bertz CT molecular complexity index is 1230. The Morgan fingerprint density at radius 2 is 1.63 bits per heavy atom. The maximum absolute atomic E-state index is 13.5. The number of rotatable bonds is 3.